The van der Waals surface area contributed by atoms with E-state index in [4.69, 9.17) is 4.52 Å². The maximum Gasteiger partial charge on any atom is 0.274 e. The van der Waals surface area contributed by atoms with E-state index in [-0.39, 0.29) is 24.1 Å². The Balaban J connectivity index is 1.58. The van der Waals surface area contributed by atoms with Crippen LogP contribution in [0.5, 0.6) is 0 Å². The summed E-state index contributed by atoms with van der Waals surface area (Å²) in [6.45, 7) is 7.12. The molecule has 1 saturated heterocycles. The van der Waals surface area contributed by atoms with Crippen molar-refractivity contribution in [3.63, 3.8) is 0 Å². The minimum absolute atomic E-state index is 0.0780. The number of aromatic nitrogens is 3. The average molecular weight is 448 g/mol. The molecule has 1 aromatic carbocycles. The number of hydrogen-bond acceptors (Lipinski definition) is 6. The fraction of sp³-hybridized carbons (Fsp3) is 0.400. The zero-order valence-electron chi connectivity index (χ0n) is 19.3. The lowest BCUT2D eigenvalue weighted by Gasteiger charge is -2.41. The van der Waals surface area contributed by atoms with Crippen molar-refractivity contribution < 1.29 is 14.1 Å². The number of benzene rings is 1. The Bertz CT molecular complexity index is 1120. The summed E-state index contributed by atoms with van der Waals surface area (Å²) < 4.78 is 5.64. The van der Waals surface area contributed by atoms with Gasteiger partial charge in [0.2, 0.25) is 5.91 Å². The van der Waals surface area contributed by atoms with Gasteiger partial charge in [-0.15, -0.1) is 0 Å². The van der Waals surface area contributed by atoms with Crippen LogP contribution >= 0.6 is 0 Å². The molecule has 8 heteroatoms. The van der Waals surface area contributed by atoms with E-state index >= 15 is 0 Å². The lowest BCUT2D eigenvalue weighted by Crippen LogP contribution is -2.54. The van der Waals surface area contributed by atoms with Gasteiger partial charge in [0, 0.05) is 43.9 Å². The number of nitrogens with one attached hydrogen (secondary N) is 1. The van der Waals surface area contributed by atoms with Crippen molar-refractivity contribution in [2.75, 3.05) is 19.6 Å². The highest BCUT2D eigenvalue weighted by Crippen LogP contribution is 2.35. The van der Waals surface area contributed by atoms with E-state index in [2.05, 4.69) is 20.4 Å². The number of hydrogen-bond donors (Lipinski definition) is 1. The Kier molecular flexibility index (Phi) is 6.53. The first-order valence-electron chi connectivity index (χ1n) is 11.3. The Morgan fingerprint density at radius 2 is 1.94 bits per heavy atom. The quantitative estimate of drug-likeness (QED) is 0.622. The summed E-state index contributed by atoms with van der Waals surface area (Å²) in [4.78, 5) is 36.5. The van der Waals surface area contributed by atoms with Gasteiger partial charge in [-0.05, 0) is 33.6 Å². The number of nitrogens with zero attached hydrogens (tertiary/aromatic N) is 4. The molecular weight excluding hydrogens is 418 g/mol. The Morgan fingerprint density at radius 3 is 2.64 bits per heavy atom. The average Bonchev–Trinajstić information content (AvgIpc) is 3.28. The number of rotatable bonds is 6. The summed E-state index contributed by atoms with van der Waals surface area (Å²) in [5.74, 6) is 0.334. The first-order chi connectivity index (χ1) is 15.9. The van der Waals surface area contributed by atoms with Gasteiger partial charge in [-0.1, -0.05) is 35.0 Å². The molecule has 8 nitrogen and oxygen atoms in total. The highest BCUT2D eigenvalue weighted by molar-refractivity contribution is 5.93. The van der Waals surface area contributed by atoms with Crippen LogP contribution in [-0.2, 0) is 11.2 Å². The lowest BCUT2D eigenvalue weighted by atomic mass is 9.75. The Morgan fingerprint density at radius 1 is 1.15 bits per heavy atom. The van der Waals surface area contributed by atoms with E-state index in [1.807, 2.05) is 51.1 Å². The van der Waals surface area contributed by atoms with Crippen LogP contribution < -0.4 is 5.32 Å². The second-order valence-corrected chi connectivity index (χ2v) is 8.73. The van der Waals surface area contributed by atoms with Crippen LogP contribution in [0.15, 0.2) is 47.2 Å². The number of amides is 2. The van der Waals surface area contributed by atoms with Gasteiger partial charge in [0.25, 0.3) is 5.91 Å². The molecule has 1 aliphatic rings. The molecule has 0 spiro atoms. The second kappa shape index (κ2) is 9.52. The third-order valence-electron chi connectivity index (χ3n) is 6.10. The van der Waals surface area contributed by atoms with Crippen LogP contribution in [0.3, 0.4) is 0 Å². The molecule has 0 aliphatic carbocycles. The van der Waals surface area contributed by atoms with Gasteiger partial charge in [-0.2, -0.15) is 0 Å². The van der Waals surface area contributed by atoms with Crippen molar-refractivity contribution in [2.45, 2.75) is 40.0 Å². The van der Waals surface area contributed by atoms with Crippen LogP contribution in [-0.4, -0.2) is 51.5 Å². The summed E-state index contributed by atoms with van der Waals surface area (Å²) in [6.07, 6.45) is 4.80. The molecule has 2 amide bonds. The maximum absolute atomic E-state index is 13.2. The van der Waals surface area contributed by atoms with E-state index < -0.39 is 5.41 Å². The summed E-state index contributed by atoms with van der Waals surface area (Å²) in [6, 6.07) is 9.94. The third-order valence-corrected chi connectivity index (χ3v) is 6.10. The topological polar surface area (TPSA) is 101 Å². The van der Waals surface area contributed by atoms with Crippen LogP contribution in [0, 0.1) is 19.3 Å². The molecule has 3 aromatic rings. The molecule has 1 N–H and O–H groups in total. The van der Waals surface area contributed by atoms with Gasteiger partial charge < -0.3 is 14.7 Å². The molecule has 33 heavy (non-hydrogen) atoms. The fourth-order valence-corrected chi connectivity index (χ4v) is 4.32. The van der Waals surface area contributed by atoms with E-state index in [0.29, 0.717) is 38.1 Å². The molecule has 1 aliphatic heterocycles. The van der Waals surface area contributed by atoms with E-state index in [1.54, 1.807) is 11.1 Å². The Labute approximate surface area is 193 Å². The number of carbonyl (C=O) groups is 2. The number of piperidine rings is 1. The van der Waals surface area contributed by atoms with E-state index in [0.717, 1.165) is 17.0 Å². The maximum atomic E-state index is 13.2. The Hall–Kier alpha value is -3.55. The van der Waals surface area contributed by atoms with Crippen molar-refractivity contribution in [3.8, 4) is 11.3 Å². The zero-order valence-corrected chi connectivity index (χ0v) is 19.3. The number of carbonyl (C=O) groups excluding carboxylic acids is 2. The minimum Gasteiger partial charge on any atom is -0.361 e. The molecule has 1 atom stereocenters. The largest absolute Gasteiger partial charge is 0.361 e. The van der Waals surface area contributed by atoms with Crippen LogP contribution in [0.25, 0.3) is 11.3 Å². The molecule has 0 unspecified atom stereocenters. The predicted octanol–water partition coefficient (Wildman–Crippen LogP) is 3.35. The highest BCUT2D eigenvalue weighted by Gasteiger charge is 2.44. The lowest BCUT2D eigenvalue weighted by molar-refractivity contribution is -0.134. The highest BCUT2D eigenvalue weighted by atomic mass is 16.5. The second-order valence-electron chi connectivity index (χ2n) is 8.73. The standard InChI is InChI=1S/C25H29N5O3/c1-4-26-24(32)25(13-20-12-21(29-33-20)19-8-6-17(2)7-9-19)10-5-11-30(16-25)23(31)22-15-27-18(3)14-28-22/h6-9,12,14-15H,4-5,10-11,13,16H2,1-3H3,(H,26,32)/t25-/m0/s1. The fourth-order valence-electron chi connectivity index (χ4n) is 4.32. The number of aryl methyl sites for hydroxylation is 2. The van der Waals surface area contributed by atoms with Gasteiger partial charge in [0.1, 0.15) is 17.1 Å². The molecule has 1 fully saturated rings. The van der Waals surface area contributed by atoms with Crippen molar-refractivity contribution in [2.24, 2.45) is 5.41 Å². The van der Waals surface area contributed by atoms with Gasteiger partial charge in [-0.3, -0.25) is 14.6 Å². The molecule has 0 saturated carbocycles. The van der Waals surface area contributed by atoms with Gasteiger partial charge in [0.05, 0.1) is 17.3 Å². The molecule has 4 rings (SSSR count). The van der Waals surface area contributed by atoms with E-state index in [9.17, 15) is 9.59 Å². The van der Waals surface area contributed by atoms with Crippen molar-refractivity contribution in [3.05, 3.63) is 65.4 Å². The van der Waals surface area contributed by atoms with Crippen molar-refractivity contribution in [1.82, 2.24) is 25.3 Å². The summed E-state index contributed by atoms with van der Waals surface area (Å²) in [5, 5.41) is 7.18. The third kappa shape index (κ3) is 4.94. The minimum atomic E-state index is -0.799. The predicted molar refractivity (Wildman–Crippen MR) is 123 cm³/mol. The van der Waals surface area contributed by atoms with Gasteiger partial charge in [-0.25, -0.2) is 4.98 Å². The molecular formula is C25H29N5O3. The molecule has 0 bridgehead atoms. The SMILES string of the molecule is CCNC(=O)[C@]1(Cc2cc(-c3ccc(C)cc3)no2)CCCN(C(=O)c2cnc(C)cn2)C1. The van der Waals surface area contributed by atoms with Crippen molar-refractivity contribution >= 4 is 11.8 Å². The molecule has 3 heterocycles. The zero-order chi connectivity index (χ0) is 23.4. The van der Waals surface area contributed by atoms with Crippen LogP contribution in [0.2, 0.25) is 0 Å². The summed E-state index contributed by atoms with van der Waals surface area (Å²) in [5.41, 5.74) is 3.09. The first kappa shape index (κ1) is 22.6. The van der Waals surface area contributed by atoms with Gasteiger partial charge >= 0.3 is 0 Å². The smallest absolute Gasteiger partial charge is 0.274 e. The molecule has 172 valence electrons. The summed E-state index contributed by atoms with van der Waals surface area (Å²) in [7, 11) is 0. The van der Waals surface area contributed by atoms with Crippen LogP contribution in [0.4, 0.5) is 0 Å². The monoisotopic (exact) mass is 447 g/mol. The molecule has 2 aromatic heterocycles. The molecule has 0 radical (unpaired) electrons. The van der Waals surface area contributed by atoms with Gasteiger partial charge in [0.15, 0.2) is 0 Å². The van der Waals surface area contributed by atoms with E-state index in [1.165, 1.54) is 11.8 Å². The summed E-state index contributed by atoms with van der Waals surface area (Å²) >= 11 is 0. The normalized spacial score (nSPS) is 18.2. The van der Waals surface area contributed by atoms with Crippen LogP contribution in [0.1, 0.15) is 47.3 Å². The number of likely N-dealkylation sites (tertiary alicyclic amines) is 1. The van der Waals surface area contributed by atoms with Crippen molar-refractivity contribution in [1.29, 1.82) is 0 Å². The first-order valence-corrected chi connectivity index (χ1v) is 11.3.